The average Bonchev–Trinajstić information content (AvgIpc) is 2.59. The van der Waals surface area contributed by atoms with Crippen molar-refractivity contribution in [1.29, 1.82) is 0 Å². The van der Waals surface area contributed by atoms with Crippen molar-refractivity contribution < 1.29 is 26.3 Å². The summed E-state index contributed by atoms with van der Waals surface area (Å²) in [6, 6.07) is 6.11. The van der Waals surface area contributed by atoms with E-state index < -0.39 is 27.5 Å². The quantitative estimate of drug-likeness (QED) is 0.672. The summed E-state index contributed by atoms with van der Waals surface area (Å²) in [5.41, 5.74) is -0.194. The molecule has 0 saturated heterocycles. The van der Waals surface area contributed by atoms with E-state index >= 15 is 0 Å². The van der Waals surface area contributed by atoms with Crippen molar-refractivity contribution in [3.63, 3.8) is 0 Å². The van der Waals surface area contributed by atoms with Crippen LogP contribution in [0.25, 0.3) is 22.2 Å². The molecule has 10 heteroatoms. The molecular weight excluding hydrogens is 393 g/mol. The largest absolute Gasteiger partial charge is 0.496 e. The number of benzene rings is 2. The lowest BCUT2D eigenvalue weighted by atomic mass is 10.0. The molecule has 5 nitrogen and oxygen atoms in total. The molecule has 3 aromatic rings. The lowest BCUT2D eigenvalue weighted by molar-refractivity contribution is -0.137. The van der Waals surface area contributed by atoms with Gasteiger partial charge < -0.3 is 4.74 Å². The highest BCUT2D eigenvalue weighted by Crippen LogP contribution is 2.42. The van der Waals surface area contributed by atoms with Gasteiger partial charge in [0.1, 0.15) is 12.1 Å². The average molecular weight is 403 g/mol. The standard InChI is InChI=1S/C16H10ClF3N2O3S/c1-25-14-6-11(16(18,19)20)12(17)5-10(14)15-9-3-2-8(26(23)24)4-13(9)21-7-22-15/h2-7,26H,1H3. The Kier molecular flexibility index (Phi) is 4.76. The molecule has 2 aromatic carbocycles. The molecule has 0 atom stereocenters. The Morgan fingerprint density at radius 3 is 2.46 bits per heavy atom. The molecule has 0 saturated carbocycles. The second-order valence-corrected chi connectivity index (χ2v) is 6.65. The van der Waals surface area contributed by atoms with Crippen molar-refractivity contribution in [1.82, 2.24) is 9.97 Å². The second-order valence-electron chi connectivity index (χ2n) is 5.21. The highest BCUT2D eigenvalue weighted by Gasteiger charge is 2.34. The Labute approximate surface area is 152 Å². The van der Waals surface area contributed by atoms with Gasteiger partial charge in [-0.1, -0.05) is 11.6 Å². The lowest BCUT2D eigenvalue weighted by Gasteiger charge is -2.15. The zero-order valence-electron chi connectivity index (χ0n) is 13.0. The molecule has 0 fully saturated rings. The van der Waals surface area contributed by atoms with Crippen LogP contribution in [0.2, 0.25) is 5.02 Å². The van der Waals surface area contributed by atoms with Crippen molar-refractivity contribution in [3.8, 4) is 17.0 Å². The first kappa shape index (κ1) is 18.4. The van der Waals surface area contributed by atoms with E-state index in [1.54, 1.807) is 0 Å². The number of alkyl halides is 3. The third-order valence-corrected chi connectivity index (χ3v) is 4.69. The molecular formula is C16H10ClF3N2O3S. The molecule has 0 unspecified atom stereocenters. The molecule has 0 spiro atoms. The van der Waals surface area contributed by atoms with Gasteiger partial charge >= 0.3 is 6.18 Å². The fourth-order valence-corrected chi connectivity index (χ4v) is 3.19. The van der Waals surface area contributed by atoms with Crippen LogP contribution in [-0.2, 0) is 16.9 Å². The molecule has 0 radical (unpaired) electrons. The van der Waals surface area contributed by atoms with Gasteiger partial charge in [-0.25, -0.2) is 18.4 Å². The number of thiol groups is 1. The first-order valence-corrected chi connectivity index (χ1v) is 8.62. The maximum Gasteiger partial charge on any atom is 0.417 e. The fraction of sp³-hybridized carbons (Fsp3) is 0.125. The Balaban J connectivity index is 2.28. The zero-order chi connectivity index (χ0) is 19.1. The number of hydrogen-bond donors (Lipinski definition) is 1. The molecule has 0 aliphatic heterocycles. The van der Waals surface area contributed by atoms with Crippen molar-refractivity contribution in [2.45, 2.75) is 11.1 Å². The summed E-state index contributed by atoms with van der Waals surface area (Å²) < 4.78 is 66.5. The number of nitrogens with zero attached hydrogens (tertiary/aromatic N) is 2. The molecule has 3 rings (SSSR count). The van der Waals surface area contributed by atoms with E-state index in [1.807, 2.05) is 0 Å². The highest BCUT2D eigenvalue weighted by molar-refractivity contribution is 7.72. The van der Waals surface area contributed by atoms with Crippen LogP contribution in [0.15, 0.2) is 41.6 Å². The van der Waals surface area contributed by atoms with Crippen molar-refractivity contribution in [2.24, 2.45) is 0 Å². The number of fused-ring (bicyclic) bond motifs is 1. The number of halogens is 4. The number of hydrogen-bond acceptors (Lipinski definition) is 5. The van der Waals surface area contributed by atoms with Gasteiger partial charge in [-0.2, -0.15) is 13.2 Å². The second kappa shape index (κ2) is 6.73. The molecule has 0 aliphatic rings. The first-order valence-electron chi connectivity index (χ1n) is 7.06. The molecule has 136 valence electrons. The molecule has 1 heterocycles. The molecule has 0 bridgehead atoms. The van der Waals surface area contributed by atoms with E-state index in [9.17, 15) is 21.6 Å². The van der Waals surface area contributed by atoms with Crippen LogP contribution in [0.4, 0.5) is 13.2 Å². The third kappa shape index (κ3) is 3.32. The summed E-state index contributed by atoms with van der Waals surface area (Å²) in [5, 5.41) is -0.0541. The summed E-state index contributed by atoms with van der Waals surface area (Å²) in [4.78, 5) is 8.19. The van der Waals surface area contributed by atoms with Crippen LogP contribution in [0.3, 0.4) is 0 Å². The normalized spacial score (nSPS) is 11.9. The van der Waals surface area contributed by atoms with Gasteiger partial charge in [0.05, 0.1) is 33.8 Å². The molecule has 26 heavy (non-hydrogen) atoms. The third-order valence-electron chi connectivity index (χ3n) is 3.68. The number of rotatable bonds is 3. The minimum absolute atomic E-state index is 0.0644. The van der Waals surface area contributed by atoms with E-state index in [0.717, 1.165) is 12.1 Å². The lowest BCUT2D eigenvalue weighted by Crippen LogP contribution is -2.07. The predicted octanol–water partition coefficient (Wildman–Crippen LogP) is 3.95. The Bertz CT molecular complexity index is 1080. The Morgan fingerprint density at radius 1 is 1.12 bits per heavy atom. The van der Waals surface area contributed by atoms with Crippen LogP contribution in [0, 0.1) is 0 Å². The van der Waals surface area contributed by atoms with Crippen LogP contribution in [-0.4, -0.2) is 25.5 Å². The van der Waals surface area contributed by atoms with Gasteiger partial charge in [0.2, 0.25) is 0 Å². The summed E-state index contributed by atoms with van der Waals surface area (Å²) in [6.07, 6.45) is -3.45. The van der Waals surface area contributed by atoms with E-state index in [4.69, 9.17) is 16.3 Å². The predicted molar refractivity (Wildman–Crippen MR) is 90.1 cm³/mol. The van der Waals surface area contributed by atoms with E-state index in [0.29, 0.717) is 10.9 Å². The number of methoxy groups -OCH3 is 1. The smallest absolute Gasteiger partial charge is 0.417 e. The summed E-state index contributed by atoms with van der Waals surface area (Å²) in [6.45, 7) is 0. The minimum Gasteiger partial charge on any atom is -0.496 e. The summed E-state index contributed by atoms with van der Waals surface area (Å²) in [5.74, 6) is -0.0688. The summed E-state index contributed by atoms with van der Waals surface area (Å²) in [7, 11) is -1.56. The van der Waals surface area contributed by atoms with Crippen LogP contribution >= 0.6 is 11.6 Å². The van der Waals surface area contributed by atoms with Gasteiger partial charge in [0, 0.05) is 10.9 Å². The molecule has 0 amide bonds. The minimum atomic E-state index is -4.63. The van der Waals surface area contributed by atoms with E-state index in [-0.39, 0.29) is 21.9 Å². The number of aromatic nitrogens is 2. The van der Waals surface area contributed by atoms with Gasteiger partial charge in [0.15, 0.2) is 10.7 Å². The zero-order valence-corrected chi connectivity index (χ0v) is 14.7. The van der Waals surface area contributed by atoms with Gasteiger partial charge in [-0.3, -0.25) is 0 Å². The maximum absolute atomic E-state index is 13.0. The topological polar surface area (TPSA) is 69.2 Å². The van der Waals surface area contributed by atoms with Gasteiger partial charge in [-0.15, -0.1) is 0 Å². The monoisotopic (exact) mass is 402 g/mol. The maximum atomic E-state index is 13.0. The van der Waals surface area contributed by atoms with E-state index in [1.165, 1.54) is 31.6 Å². The van der Waals surface area contributed by atoms with Crippen LogP contribution in [0.1, 0.15) is 5.56 Å². The van der Waals surface area contributed by atoms with Crippen LogP contribution < -0.4 is 4.74 Å². The fourth-order valence-electron chi connectivity index (χ4n) is 2.50. The number of ether oxygens (including phenoxy) is 1. The van der Waals surface area contributed by atoms with Gasteiger partial charge in [-0.05, 0) is 30.3 Å². The van der Waals surface area contributed by atoms with Crippen molar-refractivity contribution in [2.75, 3.05) is 7.11 Å². The highest BCUT2D eigenvalue weighted by atomic mass is 35.5. The molecule has 1 aromatic heterocycles. The van der Waals surface area contributed by atoms with Crippen molar-refractivity contribution >= 4 is 33.2 Å². The van der Waals surface area contributed by atoms with Crippen molar-refractivity contribution in [3.05, 3.63) is 47.2 Å². The Morgan fingerprint density at radius 2 is 1.85 bits per heavy atom. The van der Waals surface area contributed by atoms with E-state index in [2.05, 4.69) is 9.97 Å². The van der Waals surface area contributed by atoms with Crippen LogP contribution in [0.5, 0.6) is 5.75 Å². The van der Waals surface area contributed by atoms with Gasteiger partial charge in [0.25, 0.3) is 0 Å². The Hall–Kier alpha value is -2.39. The SMILES string of the molecule is COc1cc(C(F)(F)F)c(Cl)cc1-c1ncnc2cc([SH](=O)=O)ccc12. The molecule has 0 N–H and O–H groups in total. The summed E-state index contributed by atoms with van der Waals surface area (Å²) >= 11 is 5.81. The molecule has 0 aliphatic carbocycles. The first-order chi connectivity index (χ1) is 12.2.